The Labute approximate surface area is 94.9 Å². The second-order valence-corrected chi connectivity index (χ2v) is 6.07. The van der Waals surface area contributed by atoms with Crippen LogP contribution >= 0.6 is 38.9 Å². The highest BCUT2D eigenvalue weighted by atomic mass is 79.9. The summed E-state index contributed by atoms with van der Waals surface area (Å²) in [4.78, 5) is 1.21. The van der Waals surface area contributed by atoms with Gasteiger partial charge in [0.25, 0.3) is 0 Å². The van der Waals surface area contributed by atoms with Gasteiger partial charge in [0, 0.05) is 14.8 Å². The maximum Gasteiger partial charge on any atom is 0.107 e. The molecule has 0 bridgehead atoms. The Balaban J connectivity index is 2.36. The van der Waals surface area contributed by atoms with Crippen LogP contribution in [0.4, 0.5) is 0 Å². The third-order valence-corrected chi connectivity index (χ3v) is 5.42. The Morgan fingerprint density at radius 3 is 2.62 bits per heavy atom. The zero-order valence-electron chi connectivity index (χ0n) is 7.18. The van der Waals surface area contributed by atoms with Gasteiger partial charge in [0.05, 0.1) is 6.10 Å². The Morgan fingerprint density at radius 2 is 2.31 bits per heavy atom. The van der Waals surface area contributed by atoms with Crippen molar-refractivity contribution in [2.75, 3.05) is 0 Å². The van der Waals surface area contributed by atoms with E-state index >= 15 is 0 Å². The summed E-state index contributed by atoms with van der Waals surface area (Å²) in [6, 6.07) is 2.03. The van der Waals surface area contributed by atoms with Gasteiger partial charge in [-0.2, -0.15) is 0 Å². The Bertz CT molecular complexity index is 311. The fourth-order valence-electron chi connectivity index (χ4n) is 1.60. The van der Waals surface area contributed by atoms with Crippen LogP contribution in [0.15, 0.2) is 10.5 Å². The number of hydrogen-bond acceptors (Lipinski definition) is 2. The van der Waals surface area contributed by atoms with Crippen LogP contribution in [0, 0.1) is 0 Å². The molecule has 1 fully saturated rings. The van der Waals surface area contributed by atoms with Gasteiger partial charge in [-0.3, -0.25) is 0 Å². The molecule has 1 aromatic rings. The van der Waals surface area contributed by atoms with Crippen molar-refractivity contribution in [1.29, 1.82) is 0 Å². The Morgan fingerprint density at radius 1 is 1.69 bits per heavy atom. The average molecular weight is 282 g/mol. The van der Waals surface area contributed by atoms with E-state index < -0.39 is 0 Å². The monoisotopic (exact) mass is 280 g/mol. The standard InChI is InChI=1S/C9H10BrClOS/c1-5(12)9(2-3-9)7-4-6(10)8(11)13-7/h4-5,12H,2-3H2,1H3. The molecule has 0 aromatic carbocycles. The van der Waals surface area contributed by atoms with E-state index in [-0.39, 0.29) is 11.5 Å². The van der Waals surface area contributed by atoms with Crippen molar-refractivity contribution in [3.8, 4) is 0 Å². The molecule has 0 saturated heterocycles. The molecule has 1 aromatic heterocycles. The predicted octanol–water partition coefficient (Wildman–Crippen LogP) is 3.58. The van der Waals surface area contributed by atoms with E-state index in [0.29, 0.717) is 0 Å². The molecule has 1 atom stereocenters. The van der Waals surface area contributed by atoms with E-state index in [2.05, 4.69) is 15.9 Å². The van der Waals surface area contributed by atoms with Gasteiger partial charge < -0.3 is 5.11 Å². The number of halogens is 2. The van der Waals surface area contributed by atoms with E-state index in [9.17, 15) is 5.11 Å². The minimum absolute atomic E-state index is 0.0142. The topological polar surface area (TPSA) is 20.2 Å². The number of aliphatic hydroxyl groups is 1. The minimum Gasteiger partial charge on any atom is -0.392 e. The lowest BCUT2D eigenvalue weighted by Gasteiger charge is -2.15. The van der Waals surface area contributed by atoms with Crippen molar-refractivity contribution in [1.82, 2.24) is 0 Å². The molecule has 0 aliphatic heterocycles. The van der Waals surface area contributed by atoms with Crippen molar-refractivity contribution in [3.63, 3.8) is 0 Å². The van der Waals surface area contributed by atoms with E-state index in [1.54, 1.807) is 11.3 Å². The summed E-state index contributed by atoms with van der Waals surface area (Å²) in [5, 5.41) is 9.64. The van der Waals surface area contributed by atoms with Crippen LogP contribution in [0.3, 0.4) is 0 Å². The number of thiophene rings is 1. The van der Waals surface area contributed by atoms with E-state index in [0.717, 1.165) is 21.7 Å². The van der Waals surface area contributed by atoms with Crippen molar-refractivity contribution in [2.24, 2.45) is 0 Å². The SMILES string of the molecule is CC(O)C1(c2cc(Br)c(Cl)s2)CC1. The smallest absolute Gasteiger partial charge is 0.107 e. The average Bonchev–Trinajstić information content (AvgIpc) is 2.77. The maximum absolute atomic E-state index is 9.64. The second kappa shape index (κ2) is 3.23. The molecule has 1 N–H and O–H groups in total. The molecular formula is C9H10BrClOS. The molecule has 1 aliphatic rings. The largest absolute Gasteiger partial charge is 0.392 e. The second-order valence-electron chi connectivity index (χ2n) is 3.56. The van der Waals surface area contributed by atoms with Gasteiger partial charge in [0.15, 0.2) is 0 Å². The van der Waals surface area contributed by atoms with E-state index in [1.807, 2.05) is 13.0 Å². The summed E-state index contributed by atoms with van der Waals surface area (Å²) in [7, 11) is 0. The van der Waals surface area contributed by atoms with Crippen LogP contribution in [0.5, 0.6) is 0 Å². The third kappa shape index (κ3) is 1.56. The lowest BCUT2D eigenvalue weighted by molar-refractivity contribution is 0.152. The lowest BCUT2D eigenvalue weighted by Crippen LogP contribution is -2.21. The summed E-state index contributed by atoms with van der Waals surface area (Å²) >= 11 is 10.9. The summed E-state index contributed by atoms with van der Waals surface area (Å²) in [5.41, 5.74) is 0.0142. The van der Waals surface area contributed by atoms with Gasteiger partial charge >= 0.3 is 0 Å². The van der Waals surface area contributed by atoms with Crippen LogP contribution in [0.2, 0.25) is 4.34 Å². The first-order chi connectivity index (χ1) is 6.06. The molecule has 2 rings (SSSR count). The van der Waals surface area contributed by atoms with Crippen molar-refractivity contribution >= 4 is 38.9 Å². The first kappa shape index (κ1) is 9.97. The molecule has 1 nitrogen and oxygen atoms in total. The summed E-state index contributed by atoms with van der Waals surface area (Å²) in [5.74, 6) is 0. The number of aliphatic hydroxyl groups excluding tert-OH is 1. The highest BCUT2D eigenvalue weighted by Crippen LogP contribution is 2.54. The van der Waals surface area contributed by atoms with Gasteiger partial charge in [-0.05, 0) is 41.8 Å². The highest BCUT2D eigenvalue weighted by molar-refractivity contribution is 9.10. The van der Waals surface area contributed by atoms with Gasteiger partial charge in [-0.25, -0.2) is 0 Å². The van der Waals surface area contributed by atoms with Crippen molar-refractivity contribution in [2.45, 2.75) is 31.3 Å². The van der Waals surface area contributed by atoms with Gasteiger partial charge in [-0.1, -0.05) is 11.6 Å². The van der Waals surface area contributed by atoms with E-state index in [4.69, 9.17) is 11.6 Å². The van der Waals surface area contributed by atoms with Crippen LogP contribution in [-0.2, 0) is 5.41 Å². The predicted molar refractivity (Wildman–Crippen MR) is 59.6 cm³/mol. The molecule has 1 aliphatic carbocycles. The zero-order chi connectivity index (χ0) is 9.64. The van der Waals surface area contributed by atoms with Crippen LogP contribution < -0.4 is 0 Å². The normalized spacial score (nSPS) is 21.5. The summed E-state index contributed by atoms with van der Waals surface area (Å²) in [6.07, 6.45) is 1.89. The third-order valence-electron chi connectivity index (χ3n) is 2.72. The van der Waals surface area contributed by atoms with Gasteiger partial charge in [0.2, 0.25) is 0 Å². The molecular weight excluding hydrogens is 272 g/mol. The molecule has 1 heterocycles. The Kier molecular flexibility index (Phi) is 2.47. The summed E-state index contributed by atoms with van der Waals surface area (Å²) < 4.78 is 1.73. The molecule has 72 valence electrons. The quantitative estimate of drug-likeness (QED) is 0.878. The first-order valence-electron chi connectivity index (χ1n) is 4.19. The molecule has 0 spiro atoms. The maximum atomic E-state index is 9.64. The van der Waals surface area contributed by atoms with Crippen molar-refractivity contribution < 1.29 is 5.11 Å². The molecule has 13 heavy (non-hydrogen) atoms. The molecule has 1 unspecified atom stereocenters. The minimum atomic E-state index is -0.269. The number of rotatable bonds is 2. The molecule has 0 radical (unpaired) electrons. The lowest BCUT2D eigenvalue weighted by atomic mass is 9.99. The zero-order valence-corrected chi connectivity index (χ0v) is 10.3. The fourth-order valence-corrected chi connectivity index (χ4v) is 3.63. The number of hydrogen-bond donors (Lipinski definition) is 1. The fraction of sp³-hybridized carbons (Fsp3) is 0.556. The van der Waals surface area contributed by atoms with Crippen LogP contribution in [0.1, 0.15) is 24.6 Å². The van der Waals surface area contributed by atoms with Gasteiger partial charge in [0.1, 0.15) is 4.34 Å². The first-order valence-corrected chi connectivity index (χ1v) is 6.18. The van der Waals surface area contributed by atoms with Crippen LogP contribution in [-0.4, -0.2) is 11.2 Å². The van der Waals surface area contributed by atoms with Crippen LogP contribution in [0.25, 0.3) is 0 Å². The highest BCUT2D eigenvalue weighted by Gasteiger charge is 2.49. The van der Waals surface area contributed by atoms with E-state index in [1.165, 1.54) is 4.88 Å². The Hall–Kier alpha value is 0.430. The van der Waals surface area contributed by atoms with Crippen molar-refractivity contribution in [3.05, 3.63) is 19.8 Å². The van der Waals surface area contributed by atoms with Gasteiger partial charge in [-0.15, -0.1) is 11.3 Å². The molecule has 0 amide bonds. The molecule has 1 saturated carbocycles. The molecule has 4 heteroatoms. The summed E-state index contributed by atoms with van der Waals surface area (Å²) in [6.45, 7) is 1.86.